The van der Waals surface area contributed by atoms with Crippen LogP contribution in [0.4, 0.5) is 18.0 Å². The molecule has 1 unspecified atom stereocenters. The lowest BCUT2D eigenvalue weighted by atomic mass is 9.98. The number of hydrogen-bond donors (Lipinski definition) is 3. The van der Waals surface area contributed by atoms with Gasteiger partial charge < -0.3 is 20.5 Å². The van der Waals surface area contributed by atoms with Crippen LogP contribution in [0.5, 0.6) is 0 Å². The van der Waals surface area contributed by atoms with E-state index < -0.39 is 42.7 Å². The van der Waals surface area contributed by atoms with Crippen LogP contribution >= 0.6 is 0 Å². The van der Waals surface area contributed by atoms with Gasteiger partial charge in [-0.1, -0.05) is 61.9 Å². The van der Waals surface area contributed by atoms with E-state index in [-0.39, 0.29) is 18.9 Å². The van der Waals surface area contributed by atoms with Crippen LogP contribution in [0.3, 0.4) is 0 Å². The van der Waals surface area contributed by atoms with E-state index >= 15 is 0 Å². The zero-order valence-electron chi connectivity index (χ0n) is 18.4. The lowest BCUT2D eigenvalue weighted by Gasteiger charge is -2.24. The molecule has 0 spiro atoms. The summed E-state index contributed by atoms with van der Waals surface area (Å²) >= 11 is 0. The Labute approximate surface area is 194 Å². The third kappa shape index (κ3) is 5.86. The zero-order chi connectivity index (χ0) is 24.9. The first-order valence-electron chi connectivity index (χ1n) is 10.8. The number of carbonyl (C=O) groups excluding carboxylic acids is 2. The molecule has 10 heteroatoms. The molecule has 3 N–H and O–H groups in total. The minimum absolute atomic E-state index is 0.0233. The molecule has 2 atom stereocenters. The normalized spacial score (nSPS) is 14.5. The second kappa shape index (κ2) is 10.6. The van der Waals surface area contributed by atoms with Gasteiger partial charge in [0.25, 0.3) is 0 Å². The topological polar surface area (TPSA) is 105 Å². The highest BCUT2D eigenvalue weighted by Gasteiger charge is 2.43. The Balaban J connectivity index is 1.65. The van der Waals surface area contributed by atoms with Gasteiger partial charge in [-0.15, -0.1) is 0 Å². The number of amides is 2. The van der Waals surface area contributed by atoms with Gasteiger partial charge in [0.2, 0.25) is 5.91 Å². The fraction of sp³-hybridized carbons (Fsp3) is 0.375. The molecule has 7 nitrogen and oxygen atoms in total. The van der Waals surface area contributed by atoms with Gasteiger partial charge in [-0.2, -0.15) is 13.2 Å². The summed E-state index contributed by atoms with van der Waals surface area (Å²) in [6.07, 6.45) is -6.78. The lowest BCUT2D eigenvalue weighted by Crippen LogP contribution is -2.54. The molecule has 3 rings (SSSR count). The summed E-state index contributed by atoms with van der Waals surface area (Å²) in [7, 11) is 0. The number of carboxylic acids is 1. The molecule has 0 aromatic heterocycles. The number of carboxylic acid groups (broad SMARTS) is 1. The smallest absolute Gasteiger partial charge is 0.409 e. The van der Waals surface area contributed by atoms with Crippen molar-refractivity contribution in [3.8, 4) is 11.1 Å². The van der Waals surface area contributed by atoms with E-state index in [1.54, 1.807) is 12.2 Å². The van der Waals surface area contributed by atoms with Gasteiger partial charge in [0.05, 0.1) is 6.42 Å². The van der Waals surface area contributed by atoms with Gasteiger partial charge in [0, 0.05) is 5.92 Å². The SMILES string of the molecule is CCC[C@@H](NC(=O)OCC1c2ccccc2-c2ccccc21)C(=O)NC(CC(=O)O)C(F)(F)F. The maximum absolute atomic E-state index is 13.1. The van der Waals surface area contributed by atoms with Crippen molar-refractivity contribution in [1.82, 2.24) is 10.6 Å². The van der Waals surface area contributed by atoms with Crippen LogP contribution in [-0.2, 0) is 14.3 Å². The number of fused-ring (bicyclic) bond motifs is 3. The van der Waals surface area contributed by atoms with Crippen molar-refractivity contribution in [3.05, 3.63) is 59.7 Å². The van der Waals surface area contributed by atoms with Crippen molar-refractivity contribution in [2.75, 3.05) is 6.61 Å². The number of aliphatic carboxylic acids is 1. The molecule has 0 aliphatic heterocycles. The maximum Gasteiger partial charge on any atom is 0.409 e. The van der Waals surface area contributed by atoms with Crippen molar-refractivity contribution in [2.45, 2.75) is 50.4 Å². The number of ether oxygens (including phenoxy) is 1. The molecular formula is C24H25F3N2O5. The Morgan fingerprint density at radius 3 is 2.06 bits per heavy atom. The number of halogens is 3. The molecule has 0 heterocycles. The Bertz CT molecular complexity index is 1010. The number of alkyl carbamates (subject to hydrolysis) is 1. The highest BCUT2D eigenvalue weighted by molar-refractivity contribution is 5.86. The first kappa shape index (κ1) is 25.1. The third-order valence-corrected chi connectivity index (χ3v) is 5.62. The summed E-state index contributed by atoms with van der Waals surface area (Å²) in [5, 5.41) is 12.7. The predicted molar refractivity (Wildman–Crippen MR) is 117 cm³/mol. The van der Waals surface area contributed by atoms with Crippen molar-refractivity contribution in [2.24, 2.45) is 0 Å². The van der Waals surface area contributed by atoms with Crippen molar-refractivity contribution in [1.29, 1.82) is 0 Å². The lowest BCUT2D eigenvalue weighted by molar-refractivity contribution is -0.170. The van der Waals surface area contributed by atoms with Crippen molar-refractivity contribution in [3.63, 3.8) is 0 Å². The van der Waals surface area contributed by atoms with Crippen LogP contribution in [0, 0.1) is 0 Å². The fourth-order valence-corrected chi connectivity index (χ4v) is 4.04. The molecule has 182 valence electrons. The van der Waals surface area contributed by atoms with Crippen molar-refractivity contribution < 1.29 is 37.4 Å². The fourth-order valence-electron chi connectivity index (χ4n) is 4.04. The Kier molecular flexibility index (Phi) is 7.80. The summed E-state index contributed by atoms with van der Waals surface area (Å²) in [4.78, 5) is 35.6. The second-order valence-corrected chi connectivity index (χ2v) is 8.01. The molecule has 2 aromatic carbocycles. The number of rotatable bonds is 9. The van der Waals surface area contributed by atoms with Gasteiger partial charge in [-0.05, 0) is 28.7 Å². The molecule has 34 heavy (non-hydrogen) atoms. The van der Waals surface area contributed by atoms with E-state index in [2.05, 4.69) is 5.32 Å². The average Bonchev–Trinajstić information content (AvgIpc) is 3.10. The third-order valence-electron chi connectivity index (χ3n) is 5.62. The predicted octanol–water partition coefficient (Wildman–Crippen LogP) is 4.22. The summed E-state index contributed by atoms with van der Waals surface area (Å²) < 4.78 is 44.7. The van der Waals surface area contributed by atoms with Crippen LogP contribution in [0.2, 0.25) is 0 Å². The first-order chi connectivity index (χ1) is 16.1. The van der Waals surface area contributed by atoms with Gasteiger partial charge in [0.1, 0.15) is 18.7 Å². The van der Waals surface area contributed by atoms with Gasteiger partial charge in [0.15, 0.2) is 0 Å². The molecule has 0 fully saturated rings. The van der Waals surface area contributed by atoms with E-state index in [1.807, 2.05) is 48.5 Å². The summed E-state index contributed by atoms with van der Waals surface area (Å²) in [6.45, 7) is 1.67. The number of carbonyl (C=O) groups is 3. The molecule has 0 bridgehead atoms. The molecule has 0 radical (unpaired) electrons. The molecule has 0 saturated carbocycles. The Morgan fingerprint density at radius 1 is 1.00 bits per heavy atom. The molecule has 2 aromatic rings. The van der Waals surface area contributed by atoms with Crippen molar-refractivity contribution >= 4 is 18.0 Å². The maximum atomic E-state index is 13.1. The number of hydrogen-bond acceptors (Lipinski definition) is 4. The summed E-state index contributed by atoms with van der Waals surface area (Å²) in [6, 6.07) is 11.6. The Morgan fingerprint density at radius 2 is 1.56 bits per heavy atom. The first-order valence-corrected chi connectivity index (χ1v) is 10.8. The van der Waals surface area contributed by atoms with Crippen LogP contribution in [-0.4, -0.2) is 47.9 Å². The summed E-state index contributed by atoms with van der Waals surface area (Å²) in [5.74, 6) is -3.06. The van der Waals surface area contributed by atoms with E-state index in [1.165, 1.54) is 0 Å². The van der Waals surface area contributed by atoms with Crippen LogP contribution in [0.25, 0.3) is 11.1 Å². The minimum atomic E-state index is -4.95. The van der Waals surface area contributed by atoms with E-state index in [4.69, 9.17) is 9.84 Å². The zero-order valence-corrected chi connectivity index (χ0v) is 18.4. The quantitative estimate of drug-likeness (QED) is 0.501. The number of benzene rings is 2. The number of nitrogens with one attached hydrogen (secondary N) is 2. The standard InChI is InChI=1S/C24H25F3N2O5/c1-2-7-19(22(32)29-20(12-21(30)31)24(25,26)27)28-23(33)34-13-18-16-10-5-3-8-14(16)15-9-4-6-11-17(15)18/h3-6,8-11,18-20H,2,7,12-13H2,1H3,(H,28,33)(H,29,32)(H,30,31)/t19-,20?/m1/s1. The molecule has 2 amide bonds. The molecule has 1 aliphatic carbocycles. The molecule has 1 aliphatic rings. The largest absolute Gasteiger partial charge is 0.481 e. The second-order valence-electron chi connectivity index (χ2n) is 8.01. The van der Waals surface area contributed by atoms with Crippen LogP contribution in [0.15, 0.2) is 48.5 Å². The van der Waals surface area contributed by atoms with Gasteiger partial charge in [-0.25, -0.2) is 4.79 Å². The monoisotopic (exact) mass is 478 g/mol. The van der Waals surface area contributed by atoms with Crippen LogP contribution in [0.1, 0.15) is 43.2 Å². The molecule has 0 saturated heterocycles. The van der Waals surface area contributed by atoms with E-state index in [0.29, 0.717) is 6.42 Å². The van der Waals surface area contributed by atoms with Gasteiger partial charge in [-0.3, -0.25) is 9.59 Å². The average molecular weight is 478 g/mol. The number of alkyl halides is 3. The van der Waals surface area contributed by atoms with E-state index in [9.17, 15) is 27.6 Å². The summed E-state index contributed by atoms with van der Waals surface area (Å²) in [5.41, 5.74) is 4.04. The highest BCUT2D eigenvalue weighted by atomic mass is 19.4. The van der Waals surface area contributed by atoms with E-state index in [0.717, 1.165) is 22.3 Å². The highest BCUT2D eigenvalue weighted by Crippen LogP contribution is 2.44. The van der Waals surface area contributed by atoms with Crippen LogP contribution < -0.4 is 10.6 Å². The van der Waals surface area contributed by atoms with Gasteiger partial charge >= 0.3 is 18.2 Å². The minimum Gasteiger partial charge on any atom is -0.481 e. The molecular weight excluding hydrogens is 453 g/mol. The Hall–Kier alpha value is -3.56.